The van der Waals surface area contributed by atoms with E-state index >= 15 is 0 Å². The van der Waals surface area contributed by atoms with Gasteiger partial charge in [-0.25, -0.2) is 0 Å². The van der Waals surface area contributed by atoms with Crippen molar-refractivity contribution in [3.8, 4) is 17.0 Å². The third kappa shape index (κ3) is 2.61. The first kappa shape index (κ1) is 18.5. The molecule has 3 aromatic heterocycles. The average Bonchev–Trinajstić information content (AvgIpc) is 3.55. The van der Waals surface area contributed by atoms with Gasteiger partial charge in [0.25, 0.3) is 0 Å². The molecule has 0 fully saturated rings. The summed E-state index contributed by atoms with van der Waals surface area (Å²) in [6.07, 6.45) is 7.89. The normalized spacial score (nSPS) is 11.9. The summed E-state index contributed by atoms with van der Waals surface area (Å²) in [6.45, 7) is 6.19. The molecular weight excluding hydrogens is 392 g/mol. The number of nitrogens with zero attached hydrogens (tertiary/aromatic N) is 1. The van der Waals surface area contributed by atoms with Gasteiger partial charge >= 0.3 is 0 Å². The number of benzene rings is 3. The Bertz CT molecular complexity index is 1630. The summed E-state index contributed by atoms with van der Waals surface area (Å²) in [5.74, 6) is 0.866. The summed E-state index contributed by atoms with van der Waals surface area (Å²) >= 11 is 0. The molecule has 1 N–H and O–H groups in total. The molecule has 0 aliphatic carbocycles. The highest BCUT2D eigenvalue weighted by Gasteiger charge is 2.20. The number of hydrogen-bond donors (Lipinski definition) is 1. The minimum absolute atomic E-state index is 0. The molecule has 32 heavy (non-hydrogen) atoms. The van der Waals surface area contributed by atoms with Crippen molar-refractivity contribution in [2.45, 2.75) is 6.92 Å². The van der Waals surface area contributed by atoms with Gasteiger partial charge in [-0.05, 0) is 66.6 Å². The van der Waals surface area contributed by atoms with Crippen LogP contribution in [0, 0.1) is 0 Å². The van der Waals surface area contributed by atoms with Gasteiger partial charge in [-0.3, -0.25) is 0 Å². The molecule has 0 spiro atoms. The van der Waals surface area contributed by atoms with Crippen molar-refractivity contribution in [1.29, 1.82) is 0 Å². The summed E-state index contributed by atoms with van der Waals surface area (Å²) in [4.78, 5) is 3.70. The lowest BCUT2D eigenvalue weighted by Gasteiger charge is -2.10. The van der Waals surface area contributed by atoms with Gasteiger partial charge in [-0.1, -0.05) is 49.1 Å². The number of para-hydroxylation sites is 1. The predicted octanol–water partition coefficient (Wildman–Crippen LogP) is 8.45. The van der Waals surface area contributed by atoms with Crippen LogP contribution in [0.2, 0.25) is 0 Å². The van der Waals surface area contributed by atoms with Crippen molar-refractivity contribution >= 4 is 45.0 Å². The summed E-state index contributed by atoms with van der Waals surface area (Å²) in [5, 5.41) is 2.35. The topological polar surface area (TPSA) is 33.9 Å². The molecule has 0 bridgehead atoms. The van der Waals surface area contributed by atoms with Gasteiger partial charge in [0, 0.05) is 29.0 Å². The van der Waals surface area contributed by atoms with Gasteiger partial charge in [0.2, 0.25) is 0 Å². The maximum atomic E-state index is 5.67. The fourth-order valence-corrected chi connectivity index (χ4v) is 4.77. The second-order valence-electron chi connectivity index (χ2n) is 7.92. The summed E-state index contributed by atoms with van der Waals surface area (Å²) in [6, 6.07) is 25.3. The minimum Gasteiger partial charge on any atom is -0.464 e. The van der Waals surface area contributed by atoms with Crippen LogP contribution in [0.4, 0.5) is 0 Å². The van der Waals surface area contributed by atoms with E-state index in [-0.39, 0.29) is 1.43 Å². The average molecular weight is 417 g/mol. The Hall–Kier alpha value is -4.24. The molecule has 6 aromatic rings. The van der Waals surface area contributed by atoms with Crippen LogP contribution in [0.3, 0.4) is 0 Å². The van der Waals surface area contributed by atoms with E-state index in [9.17, 15) is 0 Å². The lowest BCUT2D eigenvalue weighted by molar-refractivity contribution is 0.582. The molecule has 3 heterocycles. The summed E-state index contributed by atoms with van der Waals surface area (Å²) < 4.78 is 8.02. The number of aromatic amines is 1. The smallest absolute Gasteiger partial charge is 0.133 e. The lowest BCUT2D eigenvalue weighted by atomic mass is 10.0. The van der Waals surface area contributed by atoms with Crippen molar-refractivity contribution in [3.05, 3.63) is 103 Å². The molecule has 0 radical (unpaired) electrons. The molecule has 3 aromatic carbocycles. The number of nitrogens with one attached hydrogen (secondary N) is 1. The number of rotatable bonds is 4. The Morgan fingerprint density at radius 3 is 2.62 bits per heavy atom. The molecule has 0 saturated heterocycles. The molecule has 0 amide bonds. The second-order valence-corrected chi connectivity index (χ2v) is 7.92. The van der Waals surface area contributed by atoms with Crippen LogP contribution in [-0.4, -0.2) is 9.55 Å². The Balaban J connectivity index is 0.00000228. The molecule has 0 saturated carbocycles. The first-order valence-corrected chi connectivity index (χ1v) is 10.8. The summed E-state index contributed by atoms with van der Waals surface area (Å²) in [7, 11) is 0. The van der Waals surface area contributed by atoms with E-state index < -0.39 is 0 Å². The molecule has 0 unspecified atom stereocenters. The SMILES string of the molecule is C=Cc1c(/C=C\C)ccc2c1c1[nH]c3ccc(-c4ccco4)cc3c1n2-c1ccccc1.[HH]. The largest absolute Gasteiger partial charge is 0.464 e. The van der Waals surface area contributed by atoms with Gasteiger partial charge in [0.15, 0.2) is 0 Å². The minimum atomic E-state index is 0. The van der Waals surface area contributed by atoms with Crippen LogP contribution in [0.5, 0.6) is 0 Å². The van der Waals surface area contributed by atoms with Crippen molar-refractivity contribution in [2.24, 2.45) is 0 Å². The fourth-order valence-electron chi connectivity index (χ4n) is 4.77. The van der Waals surface area contributed by atoms with Crippen molar-refractivity contribution in [3.63, 3.8) is 0 Å². The summed E-state index contributed by atoms with van der Waals surface area (Å²) in [5.41, 5.74) is 9.04. The van der Waals surface area contributed by atoms with Crippen LogP contribution in [0.25, 0.3) is 62.0 Å². The van der Waals surface area contributed by atoms with Crippen molar-refractivity contribution < 1.29 is 5.84 Å². The number of allylic oxidation sites excluding steroid dienone is 1. The van der Waals surface area contributed by atoms with Crippen molar-refractivity contribution in [2.75, 3.05) is 0 Å². The third-order valence-electron chi connectivity index (χ3n) is 6.11. The Labute approximate surface area is 187 Å². The molecule has 0 aliphatic rings. The number of aromatic nitrogens is 2. The van der Waals surface area contributed by atoms with Gasteiger partial charge in [0.05, 0.1) is 22.8 Å². The lowest BCUT2D eigenvalue weighted by Crippen LogP contribution is -1.94. The highest BCUT2D eigenvalue weighted by molar-refractivity contribution is 6.21. The highest BCUT2D eigenvalue weighted by Crippen LogP contribution is 2.40. The zero-order valence-electron chi connectivity index (χ0n) is 17.8. The van der Waals surface area contributed by atoms with Gasteiger partial charge in [-0.15, -0.1) is 0 Å². The molecule has 3 heteroatoms. The van der Waals surface area contributed by atoms with Gasteiger partial charge in [0.1, 0.15) is 5.76 Å². The first-order valence-electron chi connectivity index (χ1n) is 10.8. The quantitative estimate of drug-likeness (QED) is 0.307. The maximum Gasteiger partial charge on any atom is 0.133 e. The van der Waals surface area contributed by atoms with Crippen molar-refractivity contribution in [1.82, 2.24) is 9.55 Å². The van der Waals surface area contributed by atoms with E-state index in [1.54, 1.807) is 6.26 Å². The van der Waals surface area contributed by atoms with Gasteiger partial charge in [-0.2, -0.15) is 0 Å². The third-order valence-corrected chi connectivity index (χ3v) is 6.11. The van der Waals surface area contributed by atoms with Crippen LogP contribution >= 0.6 is 0 Å². The maximum absolute atomic E-state index is 5.67. The monoisotopic (exact) mass is 416 g/mol. The second kappa shape index (κ2) is 7.17. The Morgan fingerprint density at radius 2 is 1.88 bits per heavy atom. The molecule has 0 atom stereocenters. The number of H-pyrrole nitrogens is 1. The van der Waals surface area contributed by atoms with Gasteiger partial charge < -0.3 is 14.0 Å². The number of furan rings is 1. The van der Waals surface area contributed by atoms with E-state index in [4.69, 9.17) is 4.42 Å². The van der Waals surface area contributed by atoms with Crippen LogP contribution < -0.4 is 0 Å². The molecule has 0 aliphatic heterocycles. The van der Waals surface area contributed by atoms with E-state index in [1.807, 2.05) is 25.1 Å². The van der Waals surface area contributed by atoms with E-state index in [2.05, 4.69) is 88.9 Å². The van der Waals surface area contributed by atoms with E-state index in [1.165, 1.54) is 5.39 Å². The number of fused-ring (bicyclic) bond motifs is 5. The van der Waals surface area contributed by atoms with Crippen LogP contribution in [0.1, 0.15) is 19.5 Å². The predicted molar refractivity (Wildman–Crippen MR) is 137 cm³/mol. The zero-order chi connectivity index (χ0) is 21.7. The zero-order valence-corrected chi connectivity index (χ0v) is 17.8. The molecule has 6 rings (SSSR count). The molecule has 156 valence electrons. The van der Waals surface area contributed by atoms with E-state index in [0.29, 0.717) is 0 Å². The number of hydrogen-bond acceptors (Lipinski definition) is 1. The van der Waals surface area contributed by atoms with Crippen LogP contribution in [0.15, 0.2) is 96.1 Å². The molecular formula is C29H24N2O. The van der Waals surface area contributed by atoms with Crippen LogP contribution in [-0.2, 0) is 0 Å². The fraction of sp³-hybridized carbons (Fsp3) is 0.0345. The van der Waals surface area contributed by atoms with E-state index in [0.717, 1.165) is 55.6 Å². The Morgan fingerprint density at radius 1 is 1.00 bits per heavy atom. The Kier molecular flexibility index (Phi) is 4.15. The molecule has 3 nitrogen and oxygen atoms in total. The highest BCUT2D eigenvalue weighted by atomic mass is 16.3. The first-order chi connectivity index (χ1) is 15.8. The standard InChI is InChI=1S/C29H22N2O.H2/c1-3-9-19-14-16-25-27(22(19)4-2)28-29(31(25)21-10-6-5-7-11-21)23-18-20(13-15-24(23)30-28)26-12-8-17-32-26;/h3-18,30H,2H2,1H3;1H/b9-3-;.